The predicted octanol–water partition coefficient (Wildman–Crippen LogP) is 2.78. The number of fused-ring (bicyclic) bond motifs is 2. The SMILES string of the molecule is Cn1ccc2cn3ccnc3c3[c-]ccc1c23.[Ir]. The summed E-state index contributed by atoms with van der Waals surface area (Å²) in [5.41, 5.74) is 2.18. The maximum absolute atomic E-state index is 4.40. The summed E-state index contributed by atoms with van der Waals surface area (Å²) in [5, 5.41) is 3.54. The van der Waals surface area contributed by atoms with E-state index in [0.29, 0.717) is 0 Å². The molecule has 0 spiro atoms. The molecule has 0 amide bonds. The standard InChI is InChI=1S/C14H10N3.Ir/c1-16-7-5-10-9-17-8-6-15-14(17)11-3-2-4-12(16)13(10)11;/h2,4-9H,1H3;/q-1;. The first-order valence-electron chi connectivity index (χ1n) is 5.56. The largest absolute Gasteiger partial charge is 0.367 e. The monoisotopic (exact) mass is 413 g/mol. The van der Waals surface area contributed by atoms with Gasteiger partial charge in [-0.3, -0.25) is 4.98 Å². The Morgan fingerprint density at radius 3 is 3.00 bits per heavy atom. The van der Waals surface area contributed by atoms with Gasteiger partial charge in [0.2, 0.25) is 0 Å². The van der Waals surface area contributed by atoms with Crippen molar-refractivity contribution < 1.29 is 20.1 Å². The van der Waals surface area contributed by atoms with Crippen LogP contribution in [0.15, 0.2) is 43.0 Å². The van der Waals surface area contributed by atoms with E-state index in [2.05, 4.69) is 47.2 Å². The summed E-state index contributed by atoms with van der Waals surface area (Å²) in [6.07, 6.45) is 7.99. The molecule has 3 aromatic heterocycles. The molecule has 4 aromatic rings. The molecule has 0 aliphatic carbocycles. The van der Waals surface area contributed by atoms with Gasteiger partial charge in [0.25, 0.3) is 0 Å². The number of aryl methyl sites for hydroxylation is 1. The molecule has 3 heterocycles. The van der Waals surface area contributed by atoms with Crippen molar-refractivity contribution in [2.24, 2.45) is 7.05 Å². The Kier molecular flexibility index (Phi) is 2.50. The van der Waals surface area contributed by atoms with Crippen LogP contribution in [0.3, 0.4) is 0 Å². The number of imidazole rings is 1. The minimum absolute atomic E-state index is 0. The van der Waals surface area contributed by atoms with Gasteiger partial charge in [-0.2, -0.15) is 0 Å². The van der Waals surface area contributed by atoms with Crippen LogP contribution in [0.2, 0.25) is 0 Å². The number of pyridine rings is 2. The summed E-state index contributed by atoms with van der Waals surface area (Å²) >= 11 is 0. The summed E-state index contributed by atoms with van der Waals surface area (Å²) in [6.45, 7) is 0. The summed E-state index contributed by atoms with van der Waals surface area (Å²) in [5.74, 6) is 0. The van der Waals surface area contributed by atoms with Crippen molar-refractivity contribution in [1.82, 2.24) is 14.0 Å². The van der Waals surface area contributed by atoms with Gasteiger partial charge in [-0.15, -0.1) is 18.2 Å². The summed E-state index contributed by atoms with van der Waals surface area (Å²) in [6, 6.07) is 9.49. The molecule has 0 fully saturated rings. The van der Waals surface area contributed by atoms with Gasteiger partial charge < -0.3 is 8.97 Å². The molecule has 0 aliphatic rings. The smallest absolute Gasteiger partial charge is 0.0604 e. The minimum atomic E-state index is 0. The van der Waals surface area contributed by atoms with Crippen molar-refractivity contribution in [2.45, 2.75) is 0 Å². The molecule has 91 valence electrons. The van der Waals surface area contributed by atoms with Crippen LogP contribution in [0.4, 0.5) is 0 Å². The summed E-state index contributed by atoms with van der Waals surface area (Å²) in [4.78, 5) is 4.40. The van der Waals surface area contributed by atoms with E-state index in [0.717, 1.165) is 11.0 Å². The number of hydrogen-bond donors (Lipinski definition) is 0. The molecule has 0 N–H and O–H groups in total. The van der Waals surface area contributed by atoms with Gasteiger partial charge in [0, 0.05) is 45.7 Å². The van der Waals surface area contributed by atoms with Crippen molar-refractivity contribution in [3.05, 3.63) is 49.1 Å². The van der Waals surface area contributed by atoms with Gasteiger partial charge in [0.1, 0.15) is 0 Å². The summed E-state index contributed by atoms with van der Waals surface area (Å²) in [7, 11) is 2.06. The minimum Gasteiger partial charge on any atom is -0.367 e. The molecule has 4 heteroatoms. The fraction of sp³-hybridized carbons (Fsp3) is 0.0714. The van der Waals surface area contributed by atoms with Crippen molar-refractivity contribution in [3.8, 4) is 0 Å². The molecule has 3 nitrogen and oxygen atoms in total. The third-order valence-corrected chi connectivity index (χ3v) is 3.29. The molecule has 4 rings (SSSR count). The second kappa shape index (κ2) is 3.94. The third kappa shape index (κ3) is 1.36. The van der Waals surface area contributed by atoms with E-state index < -0.39 is 0 Å². The zero-order chi connectivity index (χ0) is 11.4. The Morgan fingerprint density at radius 2 is 2.11 bits per heavy atom. The molecule has 0 saturated carbocycles. The Labute approximate surface area is 117 Å². The van der Waals surface area contributed by atoms with Gasteiger partial charge in [-0.1, -0.05) is 10.8 Å². The fourth-order valence-corrected chi connectivity index (χ4v) is 2.47. The van der Waals surface area contributed by atoms with E-state index >= 15 is 0 Å². The maximum atomic E-state index is 4.40. The number of hydrogen-bond acceptors (Lipinski definition) is 1. The van der Waals surface area contributed by atoms with E-state index in [9.17, 15) is 0 Å². The molecular weight excluding hydrogens is 402 g/mol. The Hall–Kier alpha value is -1.64. The van der Waals surface area contributed by atoms with Crippen LogP contribution in [0.1, 0.15) is 0 Å². The first-order chi connectivity index (χ1) is 8.34. The molecule has 0 aliphatic heterocycles. The topological polar surface area (TPSA) is 22.2 Å². The molecule has 18 heavy (non-hydrogen) atoms. The number of aromatic nitrogens is 3. The molecule has 0 saturated heterocycles. The van der Waals surface area contributed by atoms with E-state index in [1.807, 2.05) is 22.9 Å². The first kappa shape index (κ1) is 11.4. The Bertz CT molecular complexity index is 857. The van der Waals surface area contributed by atoms with Crippen molar-refractivity contribution in [3.63, 3.8) is 0 Å². The first-order valence-corrected chi connectivity index (χ1v) is 5.56. The van der Waals surface area contributed by atoms with Crippen LogP contribution in [-0.2, 0) is 27.2 Å². The molecule has 1 radical (unpaired) electrons. The molecule has 1 aromatic carbocycles. The zero-order valence-corrected chi connectivity index (χ0v) is 12.1. The summed E-state index contributed by atoms with van der Waals surface area (Å²) < 4.78 is 4.18. The Morgan fingerprint density at radius 1 is 1.22 bits per heavy atom. The van der Waals surface area contributed by atoms with Crippen LogP contribution in [-0.4, -0.2) is 14.0 Å². The quantitative estimate of drug-likeness (QED) is 0.407. The van der Waals surface area contributed by atoms with E-state index in [-0.39, 0.29) is 20.1 Å². The molecule has 0 bridgehead atoms. The van der Waals surface area contributed by atoms with Crippen molar-refractivity contribution in [1.29, 1.82) is 0 Å². The van der Waals surface area contributed by atoms with Gasteiger partial charge in [0.05, 0.1) is 5.65 Å². The zero-order valence-electron chi connectivity index (χ0n) is 9.72. The van der Waals surface area contributed by atoms with E-state index in [1.165, 1.54) is 16.3 Å². The van der Waals surface area contributed by atoms with Crippen molar-refractivity contribution >= 4 is 27.3 Å². The second-order valence-corrected chi connectivity index (χ2v) is 4.28. The third-order valence-electron chi connectivity index (χ3n) is 3.29. The van der Waals surface area contributed by atoms with Crippen LogP contribution in [0.5, 0.6) is 0 Å². The van der Waals surface area contributed by atoms with Crippen LogP contribution < -0.4 is 0 Å². The van der Waals surface area contributed by atoms with Crippen LogP contribution >= 0.6 is 0 Å². The van der Waals surface area contributed by atoms with Gasteiger partial charge in [-0.05, 0) is 23.2 Å². The fourth-order valence-electron chi connectivity index (χ4n) is 2.47. The number of benzene rings is 1. The van der Waals surface area contributed by atoms with Gasteiger partial charge in [0.15, 0.2) is 0 Å². The van der Waals surface area contributed by atoms with Gasteiger partial charge in [-0.25, -0.2) is 0 Å². The second-order valence-electron chi connectivity index (χ2n) is 4.28. The predicted molar refractivity (Wildman–Crippen MR) is 68.0 cm³/mol. The average molecular weight is 412 g/mol. The Balaban J connectivity index is 0.000001000. The molecular formula is C14H10IrN3-. The normalized spacial score (nSPS) is 11.2. The van der Waals surface area contributed by atoms with Gasteiger partial charge >= 0.3 is 0 Å². The van der Waals surface area contributed by atoms with E-state index in [1.54, 1.807) is 0 Å². The van der Waals surface area contributed by atoms with Crippen molar-refractivity contribution in [2.75, 3.05) is 0 Å². The van der Waals surface area contributed by atoms with E-state index in [4.69, 9.17) is 0 Å². The van der Waals surface area contributed by atoms with Crippen LogP contribution in [0.25, 0.3) is 27.3 Å². The average Bonchev–Trinajstić information content (AvgIpc) is 2.82. The number of nitrogens with zero attached hydrogens (tertiary/aromatic N) is 3. The molecule has 0 atom stereocenters. The maximum Gasteiger partial charge on any atom is 0.0604 e. The molecule has 0 unspecified atom stereocenters. The van der Waals surface area contributed by atoms with Crippen LogP contribution in [0, 0.1) is 6.07 Å². The number of rotatable bonds is 0.